The first-order valence-corrected chi connectivity index (χ1v) is 13.5. The highest BCUT2D eigenvalue weighted by molar-refractivity contribution is 5.77. The Bertz CT molecular complexity index is 1210. The summed E-state index contributed by atoms with van der Waals surface area (Å²) in [5.41, 5.74) is 4.89. The molecule has 1 fully saturated rings. The maximum absolute atomic E-state index is 14.8. The fourth-order valence-electron chi connectivity index (χ4n) is 6.15. The van der Waals surface area contributed by atoms with Crippen molar-refractivity contribution in [3.63, 3.8) is 0 Å². The third-order valence-corrected chi connectivity index (χ3v) is 8.57. The number of carbonyl (C=O) groups excluding carboxylic acids is 1. The first-order valence-electron chi connectivity index (χ1n) is 13.5. The molecule has 37 heavy (non-hydrogen) atoms. The number of hydrogen-bond acceptors (Lipinski definition) is 4. The lowest BCUT2D eigenvalue weighted by molar-refractivity contribution is -0.146. The number of halogens is 1. The molecule has 2 aromatic rings. The topological polar surface area (TPSA) is 44.8 Å². The van der Waals surface area contributed by atoms with Crippen LogP contribution in [0.4, 0.5) is 4.39 Å². The number of rotatable bonds is 7. The van der Waals surface area contributed by atoms with Gasteiger partial charge in [0.1, 0.15) is 17.7 Å². The number of benzene rings is 2. The third-order valence-electron chi connectivity index (χ3n) is 8.57. The molecule has 0 N–H and O–H groups in total. The molecule has 2 aromatic carbocycles. The molecule has 0 radical (unpaired) electrons. The van der Waals surface area contributed by atoms with Crippen LogP contribution < -0.4 is 4.74 Å². The molecule has 4 atom stereocenters. The number of hydrogen-bond donors (Lipinski definition) is 0. The normalized spacial score (nSPS) is 23.2. The zero-order valence-corrected chi connectivity index (χ0v) is 22.3. The van der Waals surface area contributed by atoms with Crippen molar-refractivity contribution in [3.8, 4) is 5.75 Å². The number of methoxy groups -OCH3 is 2. The van der Waals surface area contributed by atoms with Crippen LogP contribution in [-0.4, -0.2) is 20.2 Å². The number of aryl methyl sites for hydroxylation is 1. The molecule has 1 saturated carbocycles. The van der Waals surface area contributed by atoms with E-state index in [1.54, 1.807) is 7.11 Å². The Balaban J connectivity index is 1.36. The minimum atomic E-state index is -0.189. The number of fused-ring (bicyclic) bond motifs is 1. The predicted molar refractivity (Wildman–Crippen MR) is 143 cm³/mol. The van der Waals surface area contributed by atoms with E-state index in [0.29, 0.717) is 17.9 Å². The van der Waals surface area contributed by atoms with Gasteiger partial charge in [0.2, 0.25) is 0 Å². The second-order valence-corrected chi connectivity index (χ2v) is 10.8. The van der Waals surface area contributed by atoms with Gasteiger partial charge in [-0.3, -0.25) is 4.79 Å². The van der Waals surface area contributed by atoms with E-state index in [4.69, 9.17) is 14.2 Å². The van der Waals surface area contributed by atoms with Gasteiger partial charge in [0.05, 0.1) is 25.9 Å². The summed E-state index contributed by atoms with van der Waals surface area (Å²) in [6.45, 7) is 3.96. The van der Waals surface area contributed by atoms with Gasteiger partial charge < -0.3 is 14.2 Å². The van der Waals surface area contributed by atoms with Gasteiger partial charge in [-0.2, -0.15) is 0 Å². The van der Waals surface area contributed by atoms with E-state index in [0.717, 1.165) is 53.9 Å². The van der Waals surface area contributed by atoms with Gasteiger partial charge in [0, 0.05) is 17.9 Å². The molecule has 196 valence electrons. The fourth-order valence-corrected chi connectivity index (χ4v) is 6.15. The van der Waals surface area contributed by atoms with E-state index in [-0.39, 0.29) is 35.7 Å². The van der Waals surface area contributed by atoms with Gasteiger partial charge in [-0.15, -0.1) is 0 Å². The summed E-state index contributed by atoms with van der Waals surface area (Å²) in [7, 11) is 3.11. The molecule has 2 aliphatic carbocycles. The predicted octanol–water partition coefficient (Wildman–Crippen LogP) is 7.70. The molecular formula is C32H37FO4. The summed E-state index contributed by atoms with van der Waals surface area (Å²) in [4.78, 5) is 12.4. The minimum absolute atomic E-state index is 0.0492. The fraction of sp³-hybridized carbons (Fsp3) is 0.469. The van der Waals surface area contributed by atoms with E-state index >= 15 is 0 Å². The molecule has 0 amide bonds. The quantitative estimate of drug-likeness (QED) is 0.363. The second-order valence-electron chi connectivity index (χ2n) is 10.8. The number of ether oxygens (including phenoxy) is 3. The smallest absolute Gasteiger partial charge is 0.309 e. The van der Waals surface area contributed by atoms with Crippen LogP contribution in [0.1, 0.15) is 80.2 Å². The van der Waals surface area contributed by atoms with Gasteiger partial charge in [-0.05, 0) is 71.9 Å². The van der Waals surface area contributed by atoms with Crippen LogP contribution in [0.3, 0.4) is 0 Å². The molecule has 4 unspecified atom stereocenters. The molecule has 3 aliphatic rings. The molecule has 0 spiro atoms. The SMILES string of the molecule is COC(=O)C(C)C(c1ccc2c(c1)OC(c1ccc(C3=C(F)CC(C)C(OC)=C3)cc1)CC2)C1CCC1. The van der Waals surface area contributed by atoms with Crippen LogP contribution in [-0.2, 0) is 20.7 Å². The van der Waals surface area contributed by atoms with Crippen molar-refractivity contribution in [2.24, 2.45) is 17.8 Å². The molecular weight excluding hydrogens is 467 g/mol. The lowest BCUT2D eigenvalue weighted by Gasteiger charge is -2.37. The van der Waals surface area contributed by atoms with Crippen LogP contribution in [0.2, 0.25) is 0 Å². The third kappa shape index (κ3) is 5.05. The zero-order valence-electron chi connectivity index (χ0n) is 22.3. The lowest BCUT2D eigenvalue weighted by Crippen LogP contribution is -2.30. The Kier molecular flexibility index (Phi) is 7.41. The highest BCUT2D eigenvalue weighted by Gasteiger charge is 2.37. The number of carbonyl (C=O) groups is 1. The molecule has 1 heterocycles. The van der Waals surface area contributed by atoms with Gasteiger partial charge in [-0.1, -0.05) is 56.7 Å². The van der Waals surface area contributed by atoms with E-state index in [2.05, 4.69) is 18.2 Å². The first-order chi connectivity index (χ1) is 17.9. The van der Waals surface area contributed by atoms with Crippen LogP contribution in [0.15, 0.2) is 60.1 Å². The molecule has 0 aromatic heterocycles. The van der Waals surface area contributed by atoms with Crippen molar-refractivity contribution in [3.05, 3.63) is 82.4 Å². The summed E-state index contributed by atoms with van der Waals surface area (Å²) in [5, 5.41) is 0. The molecule has 1 aliphatic heterocycles. The van der Waals surface area contributed by atoms with E-state index in [9.17, 15) is 9.18 Å². The standard InChI is InChI=1S/C32H37FO4/c1-19-16-27(33)26(18-29(19)35-3)21-8-10-22(11-9-21)28-15-14-23-12-13-25(17-30(23)37-28)31(24-6-5-7-24)20(2)32(34)36-4/h8-13,17-20,24,28,31H,5-7,14-16H2,1-4H3. The summed E-state index contributed by atoms with van der Waals surface area (Å²) in [5.74, 6) is 1.97. The maximum Gasteiger partial charge on any atom is 0.309 e. The molecule has 5 heteroatoms. The molecule has 0 saturated heterocycles. The molecule has 5 rings (SSSR count). The van der Waals surface area contributed by atoms with Crippen molar-refractivity contribution < 1.29 is 23.4 Å². The monoisotopic (exact) mass is 504 g/mol. The summed E-state index contributed by atoms with van der Waals surface area (Å²) in [6, 6.07) is 14.5. The Labute approximate surface area is 219 Å². The largest absolute Gasteiger partial charge is 0.501 e. The Morgan fingerprint density at radius 3 is 2.49 bits per heavy atom. The average molecular weight is 505 g/mol. The van der Waals surface area contributed by atoms with Gasteiger partial charge in [0.15, 0.2) is 0 Å². The maximum atomic E-state index is 14.8. The van der Waals surface area contributed by atoms with Crippen molar-refractivity contribution in [2.45, 2.75) is 64.4 Å². The summed E-state index contributed by atoms with van der Waals surface area (Å²) < 4.78 is 31.8. The Morgan fingerprint density at radius 2 is 1.84 bits per heavy atom. The van der Waals surface area contributed by atoms with Crippen LogP contribution >= 0.6 is 0 Å². The number of allylic oxidation sites excluding steroid dienone is 4. The van der Waals surface area contributed by atoms with Crippen molar-refractivity contribution in [2.75, 3.05) is 14.2 Å². The van der Waals surface area contributed by atoms with Crippen molar-refractivity contribution in [1.82, 2.24) is 0 Å². The van der Waals surface area contributed by atoms with Crippen LogP contribution in [0, 0.1) is 17.8 Å². The summed E-state index contributed by atoms with van der Waals surface area (Å²) in [6.07, 6.45) is 7.45. The molecule has 4 nitrogen and oxygen atoms in total. The van der Waals surface area contributed by atoms with E-state index < -0.39 is 0 Å². The van der Waals surface area contributed by atoms with Crippen LogP contribution in [0.25, 0.3) is 5.57 Å². The van der Waals surface area contributed by atoms with Gasteiger partial charge in [-0.25, -0.2) is 4.39 Å². The van der Waals surface area contributed by atoms with E-state index in [1.807, 2.05) is 44.2 Å². The average Bonchev–Trinajstić information content (AvgIpc) is 2.89. The van der Waals surface area contributed by atoms with Crippen molar-refractivity contribution in [1.29, 1.82) is 0 Å². The van der Waals surface area contributed by atoms with Gasteiger partial charge in [0.25, 0.3) is 0 Å². The minimum Gasteiger partial charge on any atom is -0.501 e. The highest BCUT2D eigenvalue weighted by Crippen LogP contribution is 2.46. The Hall–Kier alpha value is -3.08. The first kappa shape index (κ1) is 25.6. The highest BCUT2D eigenvalue weighted by atomic mass is 19.1. The summed E-state index contributed by atoms with van der Waals surface area (Å²) >= 11 is 0. The van der Waals surface area contributed by atoms with Crippen molar-refractivity contribution >= 4 is 11.5 Å². The van der Waals surface area contributed by atoms with Gasteiger partial charge >= 0.3 is 5.97 Å². The number of esters is 1. The van der Waals surface area contributed by atoms with E-state index in [1.165, 1.54) is 19.1 Å². The second kappa shape index (κ2) is 10.7. The lowest BCUT2D eigenvalue weighted by atomic mass is 9.68. The zero-order chi connectivity index (χ0) is 26.1. The Morgan fingerprint density at radius 1 is 1.08 bits per heavy atom. The van der Waals surface area contributed by atoms with Crippen LogP contribution in [0.5, 0.6) is 5.75 Å². The molecule has 0 bridgehead atoms.